The van der Waals surface area contributed by atoms with Crippen LogP contribution in [0.3, 0.4) is 0 Å². The Hall–Kier alpha value is -4.01. The van der Waals surface area contributed by atoms with E-state index in [2.05, 4.69) is 10.1 Å². The minimum absolute atomic E-state index is 0.0526. The fourth-order valence-corrected chi connectivity index (χ4v) is 4.63. The lowest BCUT2D eigenvalue weighted by Gasteiger charge is -2.26. The molecular weight excluding hydrogens is 467 g/mol. The third kappa shape index (κ3) is 5.15. The molecule has 0 spiro atoms. The molecule has 1 amide bonds. The molecule has 1 saturated heterocycles. The van der Waals surface area contributed by atoms with Gasteiger partial charge in [0.1, 0.15) is 12.7 Å². The first-order valence-corrected chi connectivity index (χ1v) is 11.7. The van der Waals surface area contributed by atoms with Crippen LogP contribution < -0.4 is 0 Å². The molecule has 36 heavy (non-hydrogen) atoms. The van der Waals surface area contributed by atoms with Gasteiger partial charge >= 0.3 is 6.18 Å². The molecule has 2 aromatic carbocycles. The zero-order valence-corrected chi connectivity index (χ0v) is 19.4. The summed E-state index contributed by atoms with van der Waals surface area (Å²) in [6.45, 7) is 1.08. The van der Waals surface area contributed by atoms with E-state index in [1.54, 1.807) is 11.0 Å². The summed E-state index contributed by atoms with van der Waals surface area (Å²) in [6, 6.07) is 18.1. The molecule has 1 aliphatic heterocycles. The molecule has 1 atom stereocenters. The molecule has 5 rings (SSSR count). The second-order valence-electron chi connectivity index (χ2n) is 8.83. The van der Waals surface area contributed by atoms with Gasteiger partial charge < -0.3 is 4.90 Å². The van der Waals surface area contributed by atoms with E-state index in [1.807, 2.05) is 47.4 Å². The molecule has 1 fully saturated rings. The van der Waals surface area contributed by atoms with Gasteiger partial charge in [0.15, 0.2) is 0 Å². The van der Waals surface area contributed by atoms with Crippen LogP contribution in [0.25, 0.3) is 0 Å². The Balaban J connectivity index is 1.35. The predicted molar refractivity (Wildman–Crippen MR) is 127 cm³/mol. The fourth-order valence-electron chi connectivity index (χ4n) is 4.63. The number of carbonyl (C=O) groups excluding carboxylic acids is 1. The number of amides is 1. The number of alkyl halides is 3. The maximum atomic E-state index is 13.6. The van der Waals surface area contributed by atoms with Crippen molar-refractivity contribution in [2.45, 2.75) is 38.0 Å². The average molecular weight is 492 g/mol. The van der Waals surface area contributed by atoms with E-state index in [4.69, 9.17) is 4.98 Å². The van der Waals surface area contributed by atoms with Gasteiger partial charge in [-0.15, -0.1) is 0 Å². The highest BCUT2D eigenvalue weighted by Gasteiger charge is 2.33. The van der Waals surface area contributed by atoms with Crippen LogP contribution in [0.15, 0.2) is 79.4 Å². The molecule has 0 bridgehead atoms. The molecule has 1 unspecified atom stereocenters. The standard InChI is InChI=1S/C27H24F3N5O/c28-27(29,30)21-12-10-19(11-13-21)15-22-6-3-8-24(33-22)25-9-4-14-35(25)26(36)23-7-2-1-5-20(23)16-34-18-31-17-32-34/h1-3,5-8,10-13,17-18,25H,4,9,14-16H2. The van der Waals surface area contributed by atoms with Crippen molar-refractivity contribution in [3.05, 3.63) is 113 Å². The highest BCUT2D eigenvalue weighted by Crippen LogP contribution is 2.33. The molecule has 2 aromatic heterocycles. The predicted octanol–water partition coefficient (Wildman–Crippen LogP) is 5.31. The number of hydrogen-bond acceptors (Lipinski definition) is 4. The van der Waals surface area contributed by atoms with E-state index in [-0.39, 0.29) is 11.9 Å². The van der Waals surface area contributed by atoms with Crippen molar-refractivity contribution in [2.24, 2.45) is 0 Å². The highest BCUT2D eigenvalue weighted by molar-refractivity contribution is 5.96. The number of likely N-dealkylation sites (tertiary alicyclic amines) is 1. The van der Waals surface area contributed by atoms with Gasteiger partial charge in [0.25, 0.3) is 5.91 Å². The lowest BCUT2D eigenvalue weighted by molar-refractivity contribution is -0.137. The van der Waals surface area contributed by atoms with Gasteiger partial charge in [-0.1, -0.05) is 36.4 Å². The average Bonchev–Trinajstić information content (AvgIpc) is 3.56. The highest BCUT2D eigenvalue weighted by atomic mass is 19.4. The fraction of sp³-hybridized carbons (Fsp3) is 0.259. The quantitative estimate of drug-likeness (QED) is 0.367. The molecule has 1 aliphatic rings. The van der Waals surface area contributed by atoms with Crippen LogP contribution in [-0.2, 0) is 19.1 Å². The van der Waals surface area contributed by atoms with E-state index in [0.717, 1.165) is 47.5 Å². The third-order valence-electron chi connectivity index (χ3n) is 6.40. The van der Waals surface area contributed by atoms with Crippen LogP contribution in [0.1, 0.15) is 57.3 Å². The Bertz CT molecular complexity index is 1340. The van der Waals surface area contributed by atoms with Crippen molar-refractivity contribution >= 4 is 5.91 Å². The number of carbonyl (C=O) groups is 1. The topological polar surface area (TPSA) is 63.9 Å². The summed E-state index contributed by atoms with van der Waals surface area (Å²) in [5.74, 6) is -0.0526. The molecule has 0 saturated carbocycles. The van der Waals surface area contributed by atoms with Gasteiger partial charge in [-0.25, -0.2) is 9.67 Å². The van der Waals surface area contributed by atoms with Crippen molar-refractivity contribution in [3.8, 4) is 0 Å². The molecule has 6 nitrogen and oxygen atoms in total. The van der Waals surface area contributed by atoms with Gasteiger partial charge in [0.05, 0.1) is 23.8 Å². The maximum Gasteiger partial charge on any atom is 0.416 e. The van der Waals surface area contributed by atoms with Gasteiger partial charge in [0, 0.05) is 24.2 Å². The SMILES string of the molecule is O=C(c1ccccc1Cn1cncn1)N1CCCC1c1cccc(Cc2ccc(C(F)(F)F)cc2)n1. The summed E-state index contributed by atoms with van der Waals surface area (Å²) in [7, 11) is 0. The largest absolute Gasteiger partial charge is 0.416 e. The van der Waals surface area contributed by atoms with Crippen LogP contribution >= 0.6 is 0 Å². The maximum absolute atomic E-state index is 13.6. The third-order valence-corrected chi connectivity index (χ3v) is 6.40. The number of rotatable bonds is 6. The van der Waals surface area contributed by atoms with Gasteiger partial charge in [0.2, 0.25) is 0 Å². The molecule has 0 aliphatic carbocycles. The van der Waals surface area contributed by atoms with Gasteiger partial charge in [-0.3, -0.25) is 9.78 Å². The summed E-state index contributed by atoms with van der Waals surface area (Å²) in [5.41, 5.74) is 3.10. The number of halogens is 3. The summed E-state index contributed by atoms with van der Waals surface area (Å²) < 4.78 is 40.3. The number of benzene rings is 2. The van der Waals surface area contributed by atoms with E-state index >= 15 is 0 Å². The van der Waals surface area contributed by atoms with E-state index in [9.17, 15) is 18.0 Å². The molecule has 0 radical (unpaired) electrons. The summed E-state index contributed by atoms with van der Waals surface area (Å²) in [5, 5.41) is 4.15. The van der Waals surface area contributed by atoms with Crippen molar-refractivity contribution in [1.29, 1.82) is 0 Å². The zero-order chi connectivity index (χ0) is 25.1. The Morgan fingerprint density at radius 1 is 1.00 bits per heavy atom. The van der Waals surface area contributed by atoms with Crippen LogP contribution in [-0.4, -0.2) is 37.1 Å². The molecule has 9 heteroatoms. The smallest absolute Gasteiger partial charge is 0.330 e. The number of nitrogens with zero attached hydrogens (tertiary/aromatic N) is 5. The van der Waals surface area contributed by atoms with Gasteiger partial charge in [-0.2, -0.15) is 18.3 Å². The Morgan fingerprint density at radius 2 is 1.81 bits per heavy atom. The van der Waals surface area contributed by atoms with E-state index in [1.165, 1.54) is 18.5 Å². The Morgan fingerprint density at radius 3 is 2.56 bits per heavy atom. The molecule has 3 heterocycles. The summed E-state index contributed by atoms with van der Waals surface area (Å²) >= 11 is 0. The van der Waals surface area contributed by atoms with Crippen LogP contribution in [0.5, 0.6) is 0 Å². The van der Waals surface area contributed by atoms with Crippen LogP contribution in [0.4, 0.5) is 13.2 Å². The molecule has 0 N–H and O–H groups in total. The summed E-state index contributed by atoms with van der Waals surface area (Å²) in [4.78, 5) is 24.3. The Kier molecular flexibility index (Phi) is 6.54. The first kappa shape index (κ1) is 23.7. The minimum atomic E-state index is -4.36. The van der Waals surface area contributed by atoms with E-state index in [0.29, 0.717) is 25.1 Å². The van der Waals surface area contributed by atoms with Crippen molar-refractivity contribution in [3.63, 3.8) is 0 Å². The normalized spacial score (nSPS) is 15.9. The lowest BCUT2D eigenvalue weighted by atomic mass is 10.0. The molecule has 4 aromatic rings. The number of hydrogen-bond donors (Lipinski definition) is 0. The second kappa shape index (κ2) is 9.93. The first-order chi connectivity index (χ1) is 17.4. The second-order valence-corrected chi connectivity index (χ2v) is 8.83. The van der Waals surface area contributed by atoms with Crippen molar-refractivity contribution in [1.82, 2.24) is 24.6 Å². The number of pyridine rings is 1. The van der Waals surface area contributed by atoms with Crippen LogP contribution in [0.2, 0.25) is 0 Å². The van der Waals surface area contributed by atoms with Crippen LogP contribution in [0, 0.1) is 0 Å². The van der Waals surface area contributed by atoms with Crippen molar-refractivity contribution in [2.75, 3.05) is 6.54 Å². The number of aromatic nitrogens is 4. The van der Waals surface area contributed by atoms with Gasteiger partial charge in [-0.05, 0) is 54.3 Å². The molecule has 184 valence electrons. The monoisotopic (exact) mass is 491 g/mol. The summed E-state index contributed by atoms with van der Waals surface area (Å²) in [6.07, 6.45) is 0.799. The van der Waals surface area contributed by atoms with E-state index < -0.39 is 11.7 Å². The minimum Gasteiger partial charge on any atom is -0.330 e. The zero-order valence-electron chi connectivity index (χ0n) is 19.4. The van der Waals surface area contributed by atoms with Crippen molar-refractivity contribution < 1.29 is 18.0 Å². The first-order valence-electron chi connectivity index (χ1n) is 11.7. The molecular formula is C27H24F3N5O. The Labute approximate surface area is 206 Å². The lowest BCUT2D eigenvalue weighted by Crippen LogP contribution is -2.32.